The fourth-order valence-corrected chi connectivity index (χ4v) is 1.20. The summed E-state index contributed by atoms with van der Waals surface area (Å²) in [7, 11) is 1.31. The summed E-state index contributed by atoms with van der Waals surface area (Å²) in [4.78, 5) is 22.8. The molecule has 5 nitrogen and oxygen atoms in total. The Balaban J connectivity index is 4.09. The zero-order chi connectivity index (χ0) is 12.6. The molecular formula is C11H22N2O3. The van der Waals surface area contributed by atoms with Crippen LogP contribution in [0.3, 0.4) is 0 Å². The summed E-state index contributed by atoms with van der Waals surface area (Å²) < 4.78 is 4.62. The van der Waals surface area contributed by atoms with Crippen LogP contribution >= 0.6 is 0 Å². The van der Waals surface area contributed by atoms with Gasteiger partial charge in [0.1, 0.15) is 6.04 Å². The molecule has 0 rings (SSSR count). The Labute approximate surface area is 96.9 Å². The van der Waals surface area contributed by atoms with Gasteiger partial charge < -0.3 is 15.4 Å². The van der Waals surface area contributed by atoms with Gasteiger partial charge in [-0.3, -0.25) is 0 Å². The van der Waals surface area contributed by atoms with Crippen molar-refractivity contribution < 1.29 is 14.3 Å². The summed E-state index contributed by atoms with van der Waals surface area (Å²) in [5.74, 6) is -0.412. The lowest BCUT2D eigenvalue weighted by molar-refractivity contribution is -0.143. The number of carbonyl (C=O) groups excluding carboxylic acids is 2. The number of carbonyl (C=O) groups is 2. The molecule has 0 aromatic heterocycles. The van der Waals surface area contributed by atoms with E-state index in [9.17, 15) is 9.59 Å². The maximum Gasteiger partial charge on any atom is 0.328 e. The molecule has 2 amide bonds. The first-order valence-electron chi connectivity index (χ1n) is 5.65. The summed E-state index contributed by atoms with van der Waals surface area (Å²) in [6, 6.07) is -0.913. The second-order valence-corrected chi connectivity index (χ2v) is 4.00. The van der Waals surface area contributed by atoms with Crippen molar-refractivity contribution in [3.8, 4) is 0 Å². The molecule has 0 spiro atoms. The first kappa shape index (κ1) is 14.7. The first-order valence-corrected chi connectivity index (χ1v) is 5.65. The Morgan fingerprint density at radius 3 is 2.38 bits per heavy atom. The Kier molecular flexibility index (Phi) is 7.33. The third-order valence-corrected chi connectivity index (χ3v) is 2.22. The summed E-state index contributed by atoms with van der Waals surface area (Å²) in [5.41, 5.74) is 0. The van der Waals surface area contributed by atoms with Crippen molar-refractivity contribution in [2.45, 2.75) is 39.7 Å². The van der Waals surface area contributed by atoms with Crippen molar-refractivity contribution in [3.63, 3.8) is 0 Å². The molecule has 0 aromatic carbocycles. The molecule has 0 fully saturated rings. The van der Waals surface area contributed by atoms with Gasteiger partial charge in [0.25, 0.3) is 0 Å². The maximum atomic E-state index is 11.4. The summed E-state index contributed by atoms with van der Waals surface area (Å²) >= 11 is 0. The molecular weight excluding hydrogens is 208 g/mol. The van der Waals surface area contributed by atoms with Gasteiger partial charge in [-0.15, -0.1) is 0 Å². The normalized spacial score (nSPS) is 12.1. The molecule has 5 heteroatoms. The van der Waals surface area contributed by atoms with Crippen molar-refractivity contribution in [2.24, 2.45) is 5.92 Å². The molecule has 94 valence electrons. The highest BCUT2D eigenvalue weighted by Gasteiger charge is 2.24. The second-order valence-electron chi connectivity index (χ2n) is 4.00. The molecule has 0 saturated carbocycles. The highest BCUT2D eigenvalue weighted by atomic mass is 16.5. The number of unbranched alkanes of at least 4 members (excludes halogenated alkanes) is 1. The predicted octanol–water partition coefficient (Wildman–Crippen LogP) is 1.28. The van der Waals surface area contributed by atoms with Gasteiger partial charge >= 0.3 is 12.0 Å². The van der Waals surface area contributed by atoms with E-state index in [0.29, 0.717) is 6.54 Å². The minimum Gasteiger partial charge on any atom is -0.467 e. The van der Waals surface area contributed by atoms with Crippen molar-refractivity contribution in [1.82, 2.24) is 10.6 Å². The number of rotatable bonds is 6. The zero-order valence-corrected chi connectivity index (χ0v) is 10.5. The zero-order valence-electron chi connectivity index (χ0n) is 10.5. The fourth-order valence-electron chi connectivity index (χ4n) is 1.20. The van der Waals surface area contributed by atoms with Gasteiger partial charge in [-0.1, -0.05) is 27.2 Å². The van der Waals surface area contributed by atoms with E-state index in [1.165, 1.54) is 7.11 Å². The Morgan fingerprint density at radius 1 is 1.31 bits per heavy atom. The van der Waals surface area contributed by atoms with Crippen LogP contribution in [-0.2, 0) is 9.53 Å². The van der Waals surface area contributed by atoms with Crippen LogP contribution in [0.5, 0.6) is 0 Å². The molecule has 0 aliphatic rings. The van der Waals surface area contributed by atoms with Gasteiger partial charge in [0.05, 0.1) is 7.11 Å². The molecule has 0 bridgehead atoms. The molecule has 0 aliphatic carbocycles. The lowest BCUT2D eigenvalue weighted by Crippen LogP contribution is -2.49. The number of esters is 1. The SMILES string of the molecule is CCCCNC(=O)NC(C(=O)OC)C(C)C. The van der Waals surface area contributed by atoms with E-state index in [2.05, 4.69) is 15.4 Å². The van der Waals surface area contributed by atoms with Crippen molar-refractivity contribution in [3.05, 3.63) is 0 Å². The van der Waals surface area contributed by atoms with Gasteiger partial charge in [-0.2, -0.15) is 0 Å². The Morgan fingerprint density at radius 2 is 1.94 bits per heavy atom. The fraction of sp³-hybridized carbons (Fsp3) is 0.818. The Bertz CT molecular complexity index is 229. The average Bonchev–Trinajstić information content (AvgIpc) is 2.25. The van der Waals surface area contributed by atoms with Crippen molar-refractivity contribution in [1.29, 1.82) is 0 Å². The smallest absolute Gasteiger partial charge is 0.328 e. The lowest BCUT2D eigenvalue weighted by atomic mass is 10.1. The predicted molar refractivity (Wildman–Crippen MR) is 62.1 cm³/mol. The topological polar surface area (TPSA) is 67.4 Å². The van der Waals surface area contributed by atoms with Crippen LogP contribution in [0, 0.1) is 5.92 Å². The Hall–Kier alpha value is -1.26. The number of amides is 2. The monoisotopic (exact) mass is 230 g/mol. The average molecular weight is 230 g/mol. The molecule has 0 aliphatic heterocycles. The van der Waals surface area contributed by atoms with Gasteiger partial charge in [-0.05, 0) is 12.3 Å². The number of hydrogen-bond donors (Lipinski definition) is 2. The summed E-state index contributed by atoms with van der Waals surface area (Å²) in [6.07, 6.45) is 1.95. The van der Waals surface area contributed by atoms with Crippen LogP contribution in [0.25, 0.3) is 0 Å². The summed E-state index contributed by atoms with van der Waals surface area (Å²) in [6.45, 7) is 6.38. The molecule has 16 heavy (non-hydrogen) atoms. The number of hydrogen-bond acceptors (Lipinski definition) is 3. The van der Waals surface area contributed by atoms with Gasteiger partial charge in [-0.25, -0.2) is 9.59 Å². The second kappa shape index (κ2) is 7.96. The number of ether oxygens (including phenoxy) is 1. The molecule has 0 heterocycles. The molecule has 2 N–H and O–H groups in total. The van der Waals surface area contributed by atoms with E-state index in [-0.39, 0.29) is 11.9 Å². The molecule has 0 radical (unpaired) electrons. The largest absolute Gasteiger partial charge is 0.467 e. The quantitative estimate of drug-likeness (QED) is 0.533. The van der Waals surface area contributed by atoms with Gasteiger partial charge in [0.15, 0.2) is 0 Å². The summed E-state index contributed by atoms with van der Waals surface area (Å²) in [5, 5.41) is 5.29. The van der Waals surface area contributed by atoms with Crippen LogP contribution in [0.15, 0.2) is 0 Å². The highest BCUT2D eigenvalue weighted by Crippen LogP contribution is 2.03. The molecule has 0 saturated heterocycles. The van der Waals surface area contributed by atoms with E-state index in [1.54, 1.807) is 0 Å². The van der Waals surface area contributed by atoms with E-state index >= 15 is 0 Å². The van der Waals surface area contributed by atoms with Crippen LogP contribution in [-0.4, -0.2) is 31.7 Å². The van der Waals surface area contributed by atoms with Crippen molar-refractivity contribution >= 4 is 12.0 Å². The first-order chi connectivity index (χ1) is 7.52. The third-order valence-electron chi connectivity index (χ3n) is 2.22. The van der Waals surface area contributed by atoms with Crippen LogP contribution in [0.1, 0.15) is 33.6 Å². The highest BCUT2D eigenvalue weighted by molar-refractivity contribution is 5.83. The third kappa shape index (κ3) is 5.58. The lowest BCUT2D eigenvalue weighted by Gasteiger charge is -2.19. The van der Waals surface area contributed by atoms with Crippen LogP contribution in [0.2, 0.25) is 0 Å². The molecule has 1 unspecified atom stereocenters. The maximum absolute atomic E-state index is 11.4. The number of nitrogens with one attached hydrogen (secondary N) is 2. The number of methoxy groups -OCH3 is 1. The number of urea groups is 1. The van der Waals surface area contributed by atoms with Crippen molar-refractivity contribution in [2.75, 3.05) is 13.7 Å². The van der Waals surface area contributed by atoms with Gasteiger partial charge in [0.2, 0.25) is 0 Å². The van der Waals surface area contributed by atoms with E-state index in [1.807, 2.05) is 20.8 Å². The minimum absolute atomic E-state index is 0.00405. The molecule has 1 atom stereocenters. The van der Waals surface area contributed by atoms with Crippen LogP contribution < -0.4 is 10.6 Å². The minimum atomic E-state index is -0.591. The van der Waals surface area contributed by atoms with E-state index < -0.39 is 12.0 Å². The standard InChI is InChI=1S/C11H22N2O3/c1-5-6-7-12-11(15)13-9(8(2)3)10(14)16-4/h8-9H,5-7H2,1-4H3,(H2,12,13,15). The van der Waals surface area contributed by atoms with Crippen LogP contribution in [0.4, 0.5) is 4.79 Å². The van der Waals surface area contributed by atoms with Gasteiger partial charge in [0, 0.05) is 6.54 Å². The van der Waals surface area contributed by atoms with E-state index in [0.717, 1.165) is 12.8 Å². The van der Waals surface area contributed by atoms with E-state index in [4.69, 9.17) is 0 Å². The molecule has 0 aromatic rings.